The number of carbonyl (C=O) groups excluding carboxylic acids is 2. The molecule has 19 heavy (non-hydrogen) atoms. The lowest BCUT2D eigenvalue weighted by Crippen LogP contribution is -2.52. The van der Waals surface area contributed by atoms with Crippen LogP contribution in [0.25, 0.3) is 0 Å². The maximum absolute atomic E-state index is 12.2. The topological polar surface area (TPSA) is 84.2 Å². The van der Waals surface area contributed by atoms with Gasteiger partial charge in [0.15, 0.2) is 0 Å². The minimum Gasteiger partial charge on any atom is -0.354 e. The van der Waals surface area contributed by atoms with Gasteiger partial charge in [-0.25, -0.2) is 0 Å². The number of hydrogen-bond donors (Lipinski definition) is 3. The van der Waals surface area contributed by atoms with Gasteiger partial charge in [0.2, 0.25) is 11.8 Å². The molecule has 1 aliphatic carbocycles. The van der Waals surface area contributed by atoms with Gasteiger partial charge in [-0.1, -0.05) is 13.3 Å². The smallest absolute Gasteiger partial charge is 0.242 e. The standard InChI is InChI=1S/C14H25N3O2/c1-9(10-4-2-5-11(15)8-10)13(18)17-12-6-3-7-16-14(12)19/h9-12H,2-8,15H2,1H3,(H,16,19)(H,17,18). The minimum absolute atomic E-state index is 0.00106. The fraction of sp³-hybridized carbons (Fsp3) is 0.857. The molecule has 1 heterocycles. The van der Waals surface area contributed by atoms with Crippen LogP contribution in [0, 0.1) is 11.8 Å². The Bertz CT molecular complexity index is 346. The molecule has 5 heteroatoms. The second kappa shape index (κ2) is 6.37. The molecule has 2 aliphatic rings. The number of carbonyl (C=O) groups is 2. The summed E-state index contributed by atoms with van der Waals surface area (Å²) < 4.78 is 0. The zero-order chi connectivity index (χ0) is 13.8. The van der Waals surface area contributed by atoms with Crippen molar-refractivity contribution in [1.82, 2.24) is 10.6 Å². The molecule has 1 aliphatic heterocycles. The quantitative estimate of drug-likeness (QED) is 0.697. The van der Waals surface area contributed by atoms with Crippen LogP contribution in [0.5, 0.6) is 0 Å². The van der Waals surface area contributed by atoms with Crippen molar-refractivity contribution < 1.29 is 9.59 Å². The van der Waals surface area contributed by atoms with Gasteiger partial charge in [-0.15, -0.1) is 0 Å². The maximum atomic E-state index is 12.2. The molecule has 2 amide bonds. The summed E-state index contributed by atoms with van der Waals surface area (Å²) in [6.45, 7) is 2.68. The lowest BCUT2D eigenvalue weighted by atomic mass is 9.78. The highest BCUT2D eigenvalue weighted by molar-refractivity contribution is 5.88. The highest BCUT2D eigenvalue weighted by Crippen LogP contribution is 2.29. The van der Waals surface area contributed by atoms with Gasteiger partial charge in [0, 0.05) is 18.5 Å². The normalized spacial score (nSPS) is 33.4. The molecule has 5 nitrogen and oxygen atoms in total. The first-order valence-electron chi connectivity index (χ1n) is 7.41. The van der Waals surface area contributed by atoms with Crippen LogP contribution in [-0.2, 0) is 9.59 Å². The van der Waals surface area contributed by atoms with Gasteiger partial charge < -0.3 is 16.4 Å². The van der Waals surface area contributed by atoms with E-state index in [0.29, 0.717) is 5.92 Å². The third-order valence-electron chi connectivity index (χ3n) is 4.48. The second-order valence-corrected chi connectivity index (χ2v) is 5.97. The van der Waals surface area contributed by atoms with Crippen molar-refractivity contribution in [2.45, 2.75) is 57.5 Å². The molecule has 4 atom stereocenters. The summed E-state index contributed by atoms with van der Waals surface area (Å²) in [4.78, 5) is 23.9. The summed E-state index contributed by atoms with van der Waals surface area (Å²) in [6.07, 6.45) is 5.84. The molecule has 0 bridgehead atoms. The Morgan fingerprint density at radius 3 is 2.84 bits per heavy atom. The van der Waals surface area contributed by atoms with Crippen LogP contribution in [-0.4, -0.2) is 30.4 Å². The Balaban J connectivity index is 1.86. The van der Waals surface area contributed by atoms with Crippen LogP contribution < -0.4 is 16.4 Å². The molecule has 1 saturated carbocycles. The van der Waals surface area contributed by atoms with Crippen molar-refractivity contribution in [1.29, 1.82) is 0 Å². The van der Waals surface area contributed by atoms with Crippen molar-refractivity contribution in [3.05, 3.63) is 0 Å². The average Bonchev–Trinajstić information content (AvgIpc) is 2.40. The van der Waals surface area contributed by atoms with Gasteiger partial charge in [-0.3, -0.25) is 9.59 Å². The molecule has 0 aromatic rings. The van der Waals surface area contributed by atoms with Crippen molar-refractivity contribution in [3.8, 4) is 0 Å². The summed E-state index contributed by atoms with van der Waals surface area (Å²) in [6, 6.07) is -0.118. The highest BCUT2D eigenvalue weighted by atomic mass is 16.2. The van der Waals surface area contributed by atoms with E-state index < -0.39 is 0 Å². The molecule has 1 saturated heterocycles. The van der Waals surface area contributed by atoms with E-state index in [1.165, 1.54) is 0 Å². The van der Waals surface area contributed by atoms with Crippen LogP contribution in [0.1, 0.15) is 45.4 Å². The van der Waals surface area contributed by atoms with Crippen molar-refractivity contribution >= 4 is 11.8 Å². The average molecular weight is 267 g/mol. The third kappa shape index (κ3) is 3.69. The number of nitrogens with one attached hydrogen (secondary N) is 2. The number of nitrogens with two attached hydrogens (primary N) is 1. The van der Waals surface area contributed by atoms with Crippen molar-refractivity contribution in [2.24, 2.45) is 17.6 Å². The predicted molar refractivity (Wildman–Crippen MR) is 73.3 cm³/mol. The van der Waals surface area contributed by atoms with Crippen LogP contribution in [0.3, 0.4) is 0 Å². The maximum Gasteiger partial charge on any atom is 0.242 e. The van der Waals surface area contributed by atoms with Crippen molar-refractivity contribution in [2.75, 3.05) is 6.54 Å². The molecule has 108 valence electrons. The Hall–Kier alpha value is -1.10. The third-order valence-corrected chi connectivity index (χ3v) is 4.48. The van der Waals surface area contributed by atoms with E-state index in [9.17, 15) is 9.59 Å². The van der Waals surface area contributed by atoms with E-state index >= 15 is 0 Å². The van der Waals surface area contributed by atoms with Crippen molar-refractivity contribution in [3.63, 3.8) is 0 Å². The number of rotatable bonds is 3. The largest absolute Gasteiger partial charge is 0.354 e. The lowest BCUT2D eigenvalue weighted by Gasteiger charge is -2.32. The minimum atomic E-state index is -0.346. The molecule has 4 unspecified atom stereocenters. The van der Waals surface area contributed by atoms with E-state index in [4.69, 9.17) is 5.73 Å². The van der Waals surface area contributed by atoms with E-state index in [-0.39, 0.29) is 29.8 Å². The van der Waals surface area contributed by atoms with Gasteiger partial charge >= 0.3 is 0 Å². The summed E-state index contributed by atoms with van der Waals surface area (Å²) in [7, 11) is 0. The van der Waals surface area contributed by atoms with Gasteiger partial charge in [-0.05, 0) is 38.0 Å². The molecule has 0 radical (unpaired) electrons. The molecule has 2 rings (SSSR count). The zero-order valence-corrected chi connectivity index (χ0v) is 11.7. The summed E-state index contributed by atoms with van der Waals surface area (Å²) in [5.74, 6) is 0.254. The van der Waals surface area contributed by atoms with Crippen LogP contribution >= 0.6 is 0 Å². The van der Waals surface area contributed by atoms with Gasteiger partial charge in [0.05, 0.1) is 0 Å². The van der Waals surface area contributed by atoms with Crippen LogP contribution in [0.2, 0.25) is 0 Å². The van der Waals surface area contributed by atoms with E-state index in [1.54, 1.807) is 0 Å². The SMILES string of the molecule is CC(C(=O)NC1CCCNC1=O)C1CCCC(N)C1. The Morgan fingerprint density at radius 1 is 1.37 bits per heavy atom. The van der Waals surface area contributed by atoms with E-state index in [2.05, 4.69) is 10.6 Å². The first-order chi connectivity index (χ1) is 9.08. The van der Waals surface area contributed by atoms with Crippen LogP contribution in [0.15, 0.2) is 0 Å². The van der Waals surface area contributed by atoms with Gasteiger partial charge in [-0.2, -0.15) is 0 Å². The number of piperidine rings is 1. The summed E-state index contributed by atoms with van der Waals surface area (Å²) in [5, 5.41) is 5.68. The van der Waals surface area contributed by atoms with Gasteiger partial charge in [0.25, 0.3) is 0 Å². The van der Waals surface area contributed by atoms with E-state index in [1.807, 2.05) is 6.92 Å². The monoisotopic (exact) mass is 267 g/mol. The zero-order valence-electron chi connectivity index (χ0n) is 11.7. The Kier molecular flexibility index (Phi) is 4.80. The number of amides is 2. The predicted octanol–water partition coefficient (Wildman–Crippen LogP) is 0.535. The second-order valence-electron chi connectivity index (χ2n) is 5.97. The summed E-state index contributed by atoms with van der Waals surface area (Å²) in [5.41, 5.74) is 5.97. The first kappa shape index (κ1) is 14.3. The fourth-order valence-corrected chi connectivity index (χ4v) is 3.15. The van der Waals surface area contributed by atoms with Gasteiger partial charge in [0.1, 0.15) is 6.04 Å². The molecular weight excluding hydrogens is 242 g/mol. The molecule has 0 aromatic heterocycles. The fourth-order valence-electron chi connectivity index (χ4n) is 3.15. The Morgan fingerprint density at radius 2 is 2.16 bits per heavy atom. The molecule has 0 aromatic carbocycles. The Labute approximate surface area is 114 Å². The molecular formula is C14H25N3O2. The molecule has 0 spiro atoms. The first-order valence-corrected chi connectivity index (χ1v) is 7.41. The summed E-state index contributed by atoms with van der Waals surface area (Å²) >= 11 is 0. The molecule has 4 N–H and O–H groups in total. The lowest BCUT2D eigenvalue weighted by molar-refractivity contribution is -0.133. The highest BCUT2D eigenvalue weighted by Gasteiger charge is 2.31. The van der Waals surface area contributed by atoms with E-state index in [0.717, 1.165) is 45.1 Å². The number of hydrogen-bond acceptors (Lipinski definition) is 3. The van der Waals surface area contributed by atoms with Crippen LogP contribution in [0.4, 0.5) is 0 Å². The molecule has 2 fully saturated rings.